The van der Waals surface area contributed by atoms with Gasteiger partial charge in [-0.15, -0.1) is 0 Å². The highest BCUT2D eigenvalue weighted by Gasteiger charge is 1.99. The molecule has 0 bridgehead atoms. The summed E-state index contributed by atoms with van der Waals surface area (Å²) in [5.74, 6) is -0.776. The van der Waals surface area contributed by atoms with E-state index in [4.69, 9.17) is 0 Å². The molecule has 0 aromatic heterocycles. The van der Waals surface area contributed by atoms with Crippen LogP contribution in [0.5, 0.6) is 0 Å². The van der Waals surface area contributed by atoms with E-state index in [1.807, 2.05) is 12.4 Å². The number of hydrogen-bond acceptors (Lipinski definition) is 3. The molecule has 0 radical (unpaired) electrons. The maximum Gasteiger partial charge on any atom is 0.329 e. The minimum absolute atomic E-state index is 0.266. The molecule has 4 nitrogen and oxygen atoms in total. The number of nitrogens with one attached hydrogen (secondary N) is 1. The fourth-order valence-electron chi connectivity index (χ4n) is 0.407. The van der Waals surface area contributed by atoms with Gasteiger partial charge in [-0.25, -0.2) is 0 Å². The van der Waals surface area contributed by atoms with Crippen molar-refractivity contribution in [3.63, 3.8) is 0 Å². The molecule has 0 rings (SSSR count). The van der Waals surface area contributed by atoms with Crippen molar-refractivity contribution < 1.29 is 14.4 Å². The summed E-state index contributed by atoms with van der Waals surface area (Å²) in [7, 11) is 0. The first-order valence-electron chi connectivity index (χ1n) is 3.13. The standard InChI is InChI=1S/C6H11NO3/c1-3-4-6(9)7-10-5(2)8/h3-4H2,1-2H3,(H,7,9). The van der Waals surface area contributed by atoms with Crippen LogP contribution in [0.15, 0.2) is 0 Å². The number of amides is 1. The molecule has 0 aliphatic rings. The van der Waals surface area contributed by atoms with Gasteiger partial charge in [-0.2, -0.15) is 5.48 Å². The molecule has 0 atom stereocenters. The lowest BCUT2D eigenvalue weighted by atomic mass is 10.3. The summed E-state index contributed by atoms with van der Waals surface area (Å²) in [6.07, 6.45) is 1.13. The minimum atomic E-state index is -0.510. The molecule has 1 amide bonds. The van der Waals surface area contributed by atoms with Crippen molar-refractivity contribution in [3.8, 4) is 0 Å². The monoisotopic (exact) mass is 145 g/mol. The second-order valence-electron chi connectivity index (χ2n) is 1.87. The molecule has 0 aliphatic heterocycles. The molecule has 0 aliphatic carbocycles. The van der Waals surface area contributed by atoms with E-state index < -0.39 is 5.97 Å². The van der Waals surface area contributed by atoms with E-state index >= 15 is 0 Å². The lowest BCUT2D eigenvalue weighted by Crippen LogP contribution is -2.25. The van der Waals surface area contributed by atoms with E-state index in [-0.39, 0.29) is 5.91 Å². The number of carbonyl (C=O) groups excluding carboxylic acids is 2. The van der Waals surface area contributed by atoms with Gasteiger partial charge in [-0.1, -0.05) is 6.92 Å². The highest BCUT2D eigenvalue weighted by molar-refractivity contribution is 5.76. The number of carbonyl (C=O) groups is 2. The van der Waals surface area contributed by atoms with Gasteiger partial charge in [0.05, 0.1) is 0 Å². The molecular formula is C6H11NO3. The Morgan fingerprint density at radius 1 is 1.50 bits per heavy atom. The first-order valence-corrected chi connectivity index (χ1v) is 3.13. The molecule has 0 aromatic rings. The minimum Gasteiger partial charge on any atom is -0.341 e. The fourth-order valence-corrected chi connectivity index (χ4v) is 0.407. The van der Waals surface area contributed by atoms with Crippen LogP contribution in [0.4, 0.5) is 0 Å². The average Bonchev–Trinajstić information content (AvgIpc) is 1.85. The van der Waals surface area contributed by atoms with Gasteiger partial charge < -0.3 is 4.84 Å². The van der Waals surface area contributed by atoms with Crippen molar-refractivity contribution >= 4 is 11.9 Å². The van der Waals surface area contributed by atoms with Crippen LogP contribution < -0.4 is 5.48 Å². The van der Waals surface area contributed by atoms with Crippen molar-refractivity contribution in [3.05, 3.63) is 0 Å². The Morgan fingerprint density at radius 3 is 2.50 bits per heavy atom. The van der Waals surface area contributed by atoms with Crippen LogP contribution in [0.1, 0.15) is 26.7 Å². The Morgan fingerprint density at radius 2 is 2.10 bits per heavy atom. The van der Waals surface area contributed by atoms with Gasteiger partial charge >= 0.3 is 5.97 Å². The molecule has 0 spiro atoms. The van der Waals surface area contributed by atoms with Crippen LogP contribution in [-0.2, 0) is 14.4 Å². The second-order valence-corrected chi connectivity index (χ2v) is 1.87. The third-order valence-electron chi connectivity index (χ3n) is 0.786. The first kappa shape index (κ1) is 8.94. The molecule has 1 N–H and O–H groups in total. The zero-order valence-electron chi connectivity index (χ0n) is 6.14. The molecule has 0 unspecified atom stereocenters. The first-order chi connectivity index (χ1) is 4.66. The molecule has 0 saturated carbocycles. The van der Waals surface area contributed by atoms with Crippen molar-refractivity contribution in [1.82, 2.24) is 5.48 Å². The Kier molecular flexibility index (Phi) is 4.28. The number of rotatable bonds is 2. The maximum atomic E-state index is 10.6. The van der Waals surface area contributed by atoms with Crippen LogP contribution >= 0.6 is 0 Å². The van der Waals surface area contributed by atoms with E-state index in [0.29, 0.717) is 6.42 Å². The summed E-state index contributed by atoms with van der Waals surface area (Å²) in [5, 5.41) is 0. The quantitative estimate of drug-likeness (QED) is 0.571. The van der Waals surface area contributed by atoms with Gasteiger partial charge in [0, 0.05) is 13.3 Å². The lowest BCUT2D eigenvalue weighted by Gasteiger charge is -2.00. The molecular weight excluding hydrogens is 134 g/mol. The predicted octanol–water partition coefficient (Wildman–Crippen LogP) is 0.381. The Balaban J connectivity index is 3.30. The van der Waals surface area contributed by atoms with Gasteiger partial charge in [0.1, 0.15) is 0 Å². The third kappa shape index (κ3) is 5.08. The summed E-state index contributed by atoms with van der Waals surface area (Å²) >= 11 is 0. The second kappa shape index (κ2) is 4.78. The van der Waals surface area contributed by atoms with Crippen molar-refractivity contribution in [1.29, 1.82) is 0 Å². The van der Waals surface area contributed by atoms with Gasteiger partial charge in [-0.3, -0.25) is 9.59 Å². The smallest absolute Gasteiger partial charge is 0.329 e. The number of hydrogen-bond donors (Lipinski definition) is 1. The van der Waals surface area contributed by atoms with Crippen molar-refractivity contribution in [2.75, 3.05) is 0 Å². The van der Waals surface area contributed by atoms with Crippen LogP contribution in [-0.4, -0.2) is 11.9 Å². The van der Waals surface area contributed by atoms with Gasteiger partial charge in [0.25, 0.3) is 5.91 Å². The summed E-state index contributed by atoms with van der Waals surface area (Å²) < 4.78 is 0. The van der Waals surface area contributed by atoms with E-state index in [0.717, 1.165) is 6.42 Å². The fraction of sp³-hybridized carbons (Fsp3) is 0.667. The van der Waals surface area contributed by atoms with Crippen molar-refractivity contribution in [2.45, 2.75) is 26.7 Å². The SMILES string of the molecule is CCCC(=O)NOC(C)=O. The predicted molar refractivity (Wildman–Crippen MR) is 34.8 cm³/mol. The highest BCUT2D eigenvalue weighted by Crippen LogP contribution is 1.84. The molecule has 0 aromatic carbocycles. The lowest BCUT2D eigenvalue weighted by molar-refractivity contribution is -0.156. The summed E-state index contributed by atoms with van der Waals surface area (Å²) in [6.45, 7) is 3.10. The van der Waals surface area contributed by atoms with Gasteiger partial charge in [0.2, 0.25) is 0 Å². The van der Waals surface area contributed by atoms with Gasteiger partial charge in [-0.05, 0) is 6.42 Å². The molecule has 10 heavy (non-hydrogen) atoms. The van der Waals surface area contributed by atoms with E-state index in [9.17, 15) is 9.59 Å². The van der Waals surface area contributed by atoms with E-state index in [1.165, 1.54) is 6.92 Å². The van der Waals surface area contributed by atoms with Crippen LogP contribution in [0.3, 0.4) is 0 Å². The van der Waals surface area contributed by atoms with Crippen molar-refractivity contribution in [2.24, 2.45) is 0 Å². The summed E-state index contributed by atoms with van der Waals surface area (Å²) in [5.41, 5.74) is 1.99. The largest absolute Gasteiger partial charge is 0.341 e. The van der Waals surface area contributed by atoms with Crippen LogP contribution in [0.2, 0.25) is 0 Å². The number of hydroxylamine groups is 1. The van der Waals surface area contributed by atoms with E-state index in [1.54, 1.807) is 0 Å². The molecule has 0 heterocycles. The highest BCUT2D eigenvalue weighted by atomic mass is 16.7. The average molecular weight is 145 g/mol. The molecule has 58 valence electrons. The maximum absolute atomic E-state index is 10.6. The van der Waals surface area contributed by atoms with Crippen LogP contribution in [0, 0.1) is 0 Å². The summed E-state index contributed by atoms with van der Waals surface area (Å²) in [4.78, 5) is 24.9. The molecule has 4 heteroatoms. The Labute approximate surface area is 59.5 Å². The normalized spacial score (nSPS) is 8.60. The van der Waals surface area contributed by atoms with Gasteiger partial charge in [0.15, 0.2) is 0 Å². The van der Waals surface area contributed by atoms with Crippen LogP contribution in [0.25, 0.3) is 0 Å². The Hall–Kier alpha value is -1.06. The topological polar surface area (TPSA) is 55.4 Å². The third-order valence-corrected chi connectivity index (χ3v) is 0.786. The Bertz CT molecular complexity index is 133. The van der Waals surface area contributed by atoms with E-state index in [2.05, 4.69) is 4.84 Å². The summed E-state index contributed by atoms with van der Waals surface area (Å²) in [6, 6.07) is 0. The zero-order valence-corrected chi connectivity index (χ0v) is 6.14. The zero-order chi connectivity index (χ0) is 7.98. The molecule has 0 saturated heterocycles. The molecule has 0 fully saturated rings.